The molecule has 1 N–H and O–H groups in total. The first-order valence-electron chi connectivity index (χ1n) is 6.01. The van der Waals surface area contributed by atoms with Crippen LogP contribution >= 0.6 is 0 Å². The Hall–Kier alpha value is -0.930. The highest BCUT2D eigenvalue weighted by Crippen LogP contribution is 2.15. The third-order valence-corrected chi connectivity index (χ3v) is 3.56. The second kappa shape index (κ2) is 4.93. The van der Waals surface area contributed by atoms with Crippen LogP contribution in [-0.4, -0.2) is 35.6 Å². The predicted molar refractivity (Wildman–Crippen MR) is 66.3 cm³/mol. The first-order valence-corrected chi connectivity index (χ1v) is 6.01. The molecule has 0 amide bonds. The lowest BCUT2D eigenvalue weighted by atomic mass is 10.1. The van der Waals surface area contributed by atoms with Crippen LogP contribution in [0.5, 0.6) is 0 Å². The van der Waals surface area contributed by atoms with Crippen molar-refractivity contribution in [3.63, 3.8) is 0 Å². The highest BCUT2D eigenvalue weighted by Gasteiger charge is 2.25. The van der Waals surface area contributed by atoms with Crippen molar-refractivity contribution < 1.29 is 0 Å². The van der Waals surface area contributed by atoms with E-state index in [9.17, 15) is 0 Å². The number of pyridine rings is 1. The van der Waals surface area contributed by atoms with E-state index >= 15 is 0 Å². The number of nitrogens with zero attached hydrogens (tertiary/aromatic N) is 2. The van der Waals surface area contributed by atoms with Gasteiger partial charge in [-0.05, 0) is 38.9 Å². The van der Waals surface area contributed by atoms with Crippen molar-refractivity contribution in [1.29, 1.82) is 0 Å². The SMILES string of the molecule is Cc1cccnc1CNC1CC(C)N(C)C1. The van der Waals surface area contributed by atoms with Crippen LogP contribution in [-0.2, 0) is 6.54 Å². The highest BCUT2D eigenvalue weighted by atomic mass is 15.2. The van der Waals surface area contributed by atoms with Crippen molar-refractivity contribution in [2.75, 3.05) is 13.6 Å². The van der Waals surface area contributed by atoms with Gasteiger partial charge in [0.05, 0.1) is 5.69 Å². The first kappa shape index (κ1) is 11.6. The summed E-state index contributed by atoms with van der Waals surface area (Å²) >= 11 is 0. The van der Waals surface area contributed by atoms with Crippen LogP contribution in [0.15, 0.2) is 18.3 Å². The number of nitrogens with one attached hydrogen (secondary N) is 1. The molecule has 1 saturated heterocycles. The summed E-state index contributed by atoms with van der Waals surface area (Å²) in [6, 6.07) is 5.42. The number of likely N-dealkylation sites (tertiary alicyclic amines) is 1. The number of aromatic nitrogens is 1. The fourth-order valence-electron chi connectivity index (χ4n) is 2.29. The van der Waals surface area contributed by atoms with Gasteiger partial charge in [0.2, 0.25) is 0 Å². The summed E-state index contributed by atoms with van der Waals surface area (Å²) in [6.07, 6.45) is 3.11. The molecular formula is C13H21N3. The van der Waals surface area contributed by atoms with Gasteiger partial charge in [0.1, 0.15) is 0 Å². The minimum Gasteiger partial charge on any atom is -0.307 e. The number of likely N-dealkylation sites (N-methyl/N-ethyl adjacent to an activating group) is 1. The van der Waals surface area contributed by atoms with E-state index in [1.807, 2.05) is 12.3 Å². The third kappa shape index (κ3) is 2.60. The molecule has 0 aliphatic carbocycles. The molecular weight excluding hydrogens is 198 g/mol. The molecule has 0 bridgehead atoms. The maximum Gasteiger partial charge on any atom is 0.0570 e. The van der Waals surface area contributed by atoms with E-state index in [2.05, 4.69) is 42.2 Å². The normalized spacial score (nSPS) is 26.2. The monoisotopic (exact) mass is 219 g/mol. The number of rotatable bonds is 3. The number of hydrogen-bond donors (Lipinski definition) is 1. The average Bonchev–Trinajstić information content (AvgIpc) is 2.57. The lowest BCUT2D eigenvalue weighted by Crippen LogP contribution is -2.31. The first-order chi connectivity index (χ1) is 7.66. The standard InChI is InChI=1S/C13H21N3/c1-10-5-4-6-14-13(10)8-15-12-7-11(2)16(3)9-12/h4-6,11-12,15H,7-9H2,1-3H3. The molecule has 1 aromatic rings. The Labute approximate surface area is 97.9 Å². The van der Waals surface area contributed by atoms with Gasteiger partial charge in [0.25, 0.3) is 0 Å². The molecule has 88 valence electrons. The van der Waals surface area contributed by atoms with E-state index < -0.39 is 0 Å². The molecule has 16 heavy (non-hydrogen) atoms. The molecule has 0 spiro atoms. The maximum absolute atomic E-state index is 4.40. The molecule has 2 atom stereocenters. The largest absolute Gasteiger partial charge is 0.307 e. The van der Waals surface area contributed by atoms with E-state index in [0.29, 0.717) is 12.1 Å². The van der Waals surface area contributed by atoms with Gasteiger partial charge in [-0.25, -0.2) is 0 Å². The van der Waals surface area contributed by atoms with E-state index in [1.165, 1.54) is 17.7 Å². The summed E-state index contributed by atoms with van der Waals surface area (Å²) in [7, 11) is 2.19. The molecule has 2 rings (SSSR count). The van der Waals surface area contributed by atoms with Gasteiger partial charge in [-0.1, -0.05) is 6.07 Å². The van der Waals surface area contributed by atoms with Crippen LogP contribution in [0.3, 0.4) is 0 Å². The summed E-state index contributed by atoms with van der Waals surface area (Å²) in [6.45, 7) is 6.44. The van der Waals surface area contributed by atoms with E-state index in [1.54, 1.807) is 0 Å². The summed E-state index contributed by atoms with van der Waals surface area (Å²) in [5.74, 6) is 0. The zero-order valence-electron chi connectivity index (χ0n) is 10.4. The lowest BCUT2D eigenvalue weighted by molar-refractivity contribution is 0.326. The van der Waals surface area contributed by atoms with Crippen LogP contribution < -0.4 is 5.32 Å². The lowest BCUT2D eigenvalue weighted by Gasteiger charge is -2.13. The fourth-order valence-corrected chi connectivity index (χ4v) is 2.29. The van der Waals surface area contributed by atoms with Crippen LogP contribution in [0.4, 0.5) is 0 Å². The van der Waals surface area contributed by atoms with E-state index in [0.717, 1.165) is 13.1 Å². The summed E-state index contributed by atoms with van der Waals surface area (Å²) in [4.78, 5) is 6.81. The predicted octanol–water partition coefficient (Wildman–Crippen LogP) is 1.57. The van der Waals surface area contributed by atoms with Gasteiger partial charge in [0.15, 0.2) is 0 Å². The molecule has 2 unspecified atom stereocenters. The molecule has 1 fully saturated rings. The van der Waals surface area contributed by atoms with Crippen molar-refractivity contribution in [3.05, 3.63) is 29.6 Å². The van der Waals surface area contributed by atoms with Gasteiger partial charge in [-0.3, -0.25) is 4.98 Å². The Kier molecular flexibility index (Phi) is 3.56. The van der Waals surface area contributed by atoms with Crippen LogP contribution in [0.2, 0.25) is 0 Å². The Bertz CT molecular complexity index is 341. The molecule has 1 aliphatic heterocycles. The van der Waals surface area contributed by atoms with Gasteiger partial charge < -0.3 is 10.2 Å². The van der Waals surface area contributed by atoms with Crippen molar-refractivity contribution in [2.24, 2.45) is 0 Å². The summed E-state index contributed by atoms with van der Waals surface area (Å²) in [5.41, 5.74) is 2.44. The third-order valence-electron chi connectivity index (χ3n) is 3.56. The van der Waals surface area contributed by atoms with Crippen molar-refractivity contribution in [1.82, 2.24) is 15.2 Å². The zero-order valence-corrected chi connectivity index (χ0v) is 10.4. The number of aryl methyl sites for hydroxylation is 1. The van der Waals surface area contributed by atoms with Crippen LogP contribution in [0, 0.1) is 6.92 Å². The van der Waals surface area contributed by atoms with E-state index in [-0.39, 0.29) is 0 Å². The molecule has 1 aromatic heterocycles. The molecule has 2 heterocycles. The van der Waals surface area contributed by atoms with Crippen molar-refractivity contribution in [2.45, 2.75) is 38.9 Å². The smallest absolute Gasteiger partial charge is 0.0570 e. The van der Waals surface area contributed by atoms with Crippen LogP contribution in [0.25, 0.3) is 0 Å². The second-order valence-electron chi connectivity index (χ2n) is 4.87. The highest BCUT2D eigenvalue weighted by molar-refractivity contribution is 5.17. The molecule has 3 nitrogen and oxygen atoms in total. The minimum atomic E-state index is 0.612. The Morgan fingerprint density at radius 1 is 1.56 bits per heavy atom. The Morgan fingerprint density at radius 3 is 3.00 bits per heavy atom. The quantitative estimate of drug-likeness (QED) is 0.836. The zero-order chi connectivity index (χ0) is 11.5. The molecule has 3 heteroatoms. The topological polar surface area (TPSA) is 28.2 Å². The molecule has 0 radical (unpaired) electrons. The van der Waals surface area contributed by atoms with Gasteiger partial charge in [-0.15, -0.1) is 0 Å². The molecule has 1 aliphatic rings. The van der Waals surface area contributed by atoms with Gasteiger partial charge in [0, 0.05) is 31.4 Å². The Morgan fingerprint density at radius 2 is 2.38 bits per heavy atom. The Balaban J connectivity index is 1.87. The fraction of sp³-hybridized carbons (Fsp3) is 0.615. The summed E-state index contributed by atoms with van der Waals surface area (Å²) < 4.78 is 0. The molecule has 0 aromatic carbocycles. The van der Waals surface area contributed by atoms with E-state index in [4.69, 9.17) is 0 Å². The summed E-state index contributed by atoms with van der Waals surface area (Å²) in [5, 5.41) is 3.60. The second-order valence-corrected chi connectivity index (χ2v) is 4.87. The van der Waals surface area contributed by atoms with Gasteiger partial charge >= 0.3 is 0 Å². The van der Waals surface area contributed by atoms with Gasteiger partial charge in [-0.2, -0.15) is 0 Å². The molecule has 0 saturated carbocycles. The maximum atomic E-state index is 4.40. The van der Waals surface area contributed by atoms with Crippen LogP contribution in [0.1, 0.15) is 24.6 Å². The minimum absolute atomic E-state index is 0.612. The van der Waals surface area contributed by atoms with Crippen molar-refractivity contribution >= 4 is 0 Å². The van der Waals surface area contributed by atoms with Crippen molar-refractivity contribution in [3.8, 4) is 0 Å². The number of hydrogen-bond acceptors (Lipinski definition) is 3. The average molecular weight is 219 g/mol.